The fourth-order valence-corrected chi connectivity index (χ4v) is 3.27. The van der Waals surface area contributed by atoms with Gasteiger partial charge in [0.2, 0.25) is 5.91 Å². The zero-order valence-electron chi connectivity index (χ0n) is 12.3. The highest BCUT2D eigenvalue weighted by atomic mass is 79.9. The van der Waals surface area contributed by atoms with Crippen molar-refractivity contribution in [3.05, 3.63) is 50.6 Å². The molecule has 0 spiro atoms. The normalized spacial score (nSPS) is 11.3. The van der Waals surface area contributed by atoms with Crippen LogP contribution in [0.5, 0.6) is 5.75 Å². The molecule has 24 heavy (non-hydrogen) atoms. The first-order valence-corrected chi connectivity index (χ1v) is 8.49. The number of rotatable bonds is 7. The number of carbonyl (C=O) groups excluding carboxylic acids is 1. The Bertz CT molecular complexity index is 674. The van der Waals surface area contributed by atoms with Crippen molar-refractivity contribution in [2.24, 2.45) is 0 Å². The lowest BCUT2D eigenvalue weighted by molar-refractivity contribution is -0.274. The molecule has 0 aliphatic rings. The summed E-state index contributed by atoms with van der Waals surface area (Å²) in [6, 6.07) is 9.26. The molecule has 0 bridgehead atoms. The number of halogens is 4. The number of alkyl halides is 3. The van der Waals surface area contributed by atoms with Crippen LogP contribution in [-0.4, -0.2) is 18.8 Å². The van der Waals surface area contributed by atoms with Gasteiger partial charge < -0.3 is 15.4 Å². The van der Waals surface area contributed by atoms with Crippen LogP contribution in [0.25, 0.3) is 0 Å². The van der Waals surface area contributed by atoms with Gasteiger partial charge in [-0.25, -0.2) is 0 Å². The molecule has 0 saturated carbocycles. The van der Waals surface area contributed by atoms with Crippen molar-refractivity contribution in [1.82, 2.24) is 10.6 Å². The van der Waals surface area contributed by atoms with Crippen LogP contribution < -0.4 is 15.4 Å². The summed E-state index contributed by atoms with van der Waals surface area (Å²) in [4.78, 5) is 12.8. The summed E-state index contributed by atoms with van der Waals surface area (Å²) in [5.41, 5.74) is 0.681. The molecule has 0 fully saturated rings. The molecule has 1 aromatic carbocycles. The maximum Gasteiger partial charge on any atom is 0.573 e. The predicted molar refractivity (Wildman–Crippen MR) is 88.7 cm³/mol. The van der Waals surface area contributed by atoms with E-state index in [1.165, 1.54) is 24.3 Å². The Morgan fingerprint density at radius 2 is 1.83 bits per heavy atom. The van der Waals surface area contributed by atoms with Gasteiger partial charge in [0.05, 0.1) is 10.3 Å². The van der Waals surface area contributed by atoms with Gasteiger partial charge >= 0.3 is 6.36 Å². The molecule has 2 N–H and O–H groups in total. The summed E-state index contributed by atoms with van der Waals surface area (Å²) in [5.74, 6) is -0.484. The third kappa shape index (κ3) is 6.90. The number of benzene rings is 1. The molecule has 0 atom stereocenters. The van der Waals surface area contributed by atoms with Gasteiger partial charge in [0.1, 0.15) is 5.75 Å². The highest BCUT2D eigenvalue weighted by Crippen LogP contribution is 2.23. The van der Waals surface area contributed by atoms with E-state index in [9.17, 15) is 18.0 Å². The molecule has 0 unspecified atom stereocenters. The second-order valence-corrected chi connectivity index (χ2v) is 7.33. The molecule has 0 aliphatic heterocycles. The summed E-state index contributed by atoms with van der Waals surface area (Å²) < 4.78 is 41.0. The van der Waals surface area contributed by atoms with Crippen molar-refractivity contribution < 1.29 is 22.7 Å². The van der Waals surface area contributed by atoms with Crippen LogP contribution in [0.2, 0.25) is 0 Å². The molecule has 2 aromatic rings. The number of nitrogens with one attached hydrogen (secondary N) is 2. The first-order chi connectivity index (χ1) is 11.3. The fraction of sp³-hybridized carbons (Fsp3) is 0.267. The molecule has 1 amide bonds. The molecule has 4 nitrogen and oxygen atoms in total. The van der Waals surface area contributed by atoms with Crippen molar-refractivity contribution in [2.45, 2.75) is 19.5 Å². The number of amides is 1. The molecule has 0 radical (unpaired) electrons. The zero-order chi connectivity index (χ0) is 17.6. The van der Waals surface area contributed by atoms with Crippen LogP contribution in [-0.2, 0) is 17.9 Å². The number of ether oxygens (including phenoxy) is 1. The SMILES string of the molecule is O=C(CNCc1ccc(Br)s1)NCc1ccc(OC(F)(F)F)cc1. The molecular formula is C15H14BrF3N2O2S. The van der Waals surface area contributed by atoms with E-state index in [2.05, 4.69) is 31.3 Å². The number of carbonyl (C=O) groups is 1. The van der Waals surface area contributed by atoms with E-state index in [0.717, 1.165) is 8.66 Å². The molecule has 2 rings (SSSR count). The van der Waals surface area contributed by atoms with E-state index in [1.807, 2.05) is 12.1 Å². The standard InChI is InChI=1S/C15H14BrF3N2O2S/c16-13-6-5-12(24-13)8-20-9-14(22)21-7-10-1-3-11(4-2-10)23-15(17,18)19/h1-6,20H,7-9H2,(H,21,22). The van der Waals surface area contributed by atoms with Crippen LogP contribution in [0.4, 0.5) is 13.2 Å². The Morgan fingerprint density at radius 3 is 2.42 bits per heavy atom. The summed E-state index contributed by atoms with van der Waals surface area (Å²) in [6.07, 6.45) is -4.71. The second-order valence-electron chi connectivity index (χ2n) is 4.78. The Labute approximate surface area is 149 Å². The topological polar surface area (TPSA) is 50.4 Å². The first-order valence-electron chi connectivity index (χ1n) is 6.88. The second kappa shape index (κ2) is 8.50. The minimum Gasteiger partial charge on any atom is -0.406 e. The van der Waals surface area contributed by atoms with Crippen molar-refractivity contribution >= 4 is 33.2 Å². The largest absolute Gasteiger partial charge is 0.573 e. The van der Waals surface area contributed by atoms with Gasteiger partial charge in [-0.15, -0.1) is 24.5 Å². The molecular weight excluding hydrogens is 409 g/mol. The predicted octanol–water partition coefficient (Wildman–Crippen LogP) is 3.82. The minimum atomic E-state index is -4.71. The first kappa shape index (κ1) is 18.8. The molecule has 1 heterocycles. The van der Waals surface area contributed by atoms with Gasteiger partial charge in [-0.1, -0.05) is 12.1 Å². The molecule has 0 saturated heterocycles. The Morgan fingerprint density at radius 1 is 1.12 bits per heavy atom. The maximum absolute atomic E-state index is 12.1. The number of thiophene rings is 1. The van der Waals surface area contributed by atoms with Crippen LogP contribution in [0.1, 0.15) is 10.4 Å². The minimum absolute atomic E-state index is 0.158. The van der Waals surface area contributed by atoms with E-state index in [0.29, 0.717) is 12.1 Å². The summed E-state index contributed by atoms with van der Waals surface area (Å²) in [5, 5.41) is 5.71. The van der Waals surface area contributed by atoms with Gasteiger partial charge in [0, 0.05) is 18.0 Å². The van der Waals surface area contributed by atoms with Gasteiger partial charge in [-0.05, 0) is 45.8 Å². The van der Waals surface area contributed by atoms with E-state index in [4.69, 9.17) is 0 Å². The smallest absolute Gasteiger partial charge is 0.406 e. The van der Waals surface area contributed by atoms with Crippen molar-refractivity contribution in [3.8, 4) is 5.75 Å². The van der Waals surface area contributed by atoms with Crippen molar-refractivity contribution in [3.63, 3.8) is 0 Å². The molecule has 1 aromatic heterocycles. The zero-order valence-corrected chi connectivity index (χ0v) is 14.7. The van der Waals surface area contributed by atoms with E-state index in [1.54, 1.807) is 11.3 Å². The van der Waals surface area contributed by atoms with Crippen LogP contribution in [0.3, 0.4) is 0 Å². The van der Waals surface area contributed by atoms with Gasteiger partial charge in [0.25, 0.3) is 0 Å². The fourth-order valence-electron chi connectivity index (χ4n) is 1.82. The maximum atomic E-state index is 12.1. The third-order valence-electron chi connectivity index (χ3n) is 2.86. The van der Waals surface area contributed by atoms with Crippen LogP contribution in [0, 0.1) is 0 Å². The lowest BCUT2D eigenvalue weighted by atomic mass is 10.2. The van der Waals surface area contributed by atoms with Crippen LogP contribution >= 0.6 is 27.3 Å². The lowest BCUT2D eigenvalue weighted by Gasteiger charge is -2.10. The average Bonchev–Trinajstić information content (AvgIpc) is 2.90. The Balaban J connectivity index is 1.69. The molecule has 130 valence electrons. The summed E-state index contributed by atoms with van der Waals surface area (Å²) in [6.45, 7) is 0.981. The molecule has 0 aliphatic carbocycles. The number of hydrogen-bond acceptors (Lipinski definition) is 4. The average molecular weight is 423 g/mol. The van der Waals surface area contributed by atoms with E-state index in [-0.39, 0.29) is 24.7 Å². The quantitative estimate of drug-likeness (QED) is 0.712. The van der Waals surface area contributed by atoms with Crippen molar-refractivity contribution in [1.29, 1.82) is 0 Å². The summed E-state index contributed by atoms with van der Waals surface area (Å²) >= 11 is 4.95. The van der Waals surface area contributed by atoms with Crippen LogP contribution in [0.15, 0.2) is 40.2 Å². The lowest BCUT2D eigenvalue weighted by Crippen LogP contribution is -2.33. The van der Waals surface area contributed by atoms with Gasteiger partial charge in [-0.3, -0.25) is 4.79 Å². The van der Waals surface area contributed by atoms with Gasteiger partial charge in [0.15, 0.2) is 0 Å². The van der Waals surface area contributed by atoms with Crippen molar-refractivity contribution in [2.75, 3.05) is 6.54 Å². The highest BCUT2D eigenvalue weighted by Gasteiger charge is 2.30. The molecule has 9 heteroatoms. The Hall–Kier alpha value is -1.58. The van der Waals surface area contributed by atoms with E-state index >= 15 is 0 Å². The number of hydrogen-bond donors (Lipinski definition) is 2. The monoisotopic (exact) mass is 422 g/mol. The van der Waals surface area contributed by atoms with E-state index < -0.39 is 6.36 Å². The highest BCUT2D eigenvalue weighted by molar-refractivity contribution is 9.11. The Kier molecular flexibility index (Phi) is 6.64. The summed E-state index contributed by atoms with van der Waals surface area (Å²) in [7, 11) is 0. The third-order valence-corrected chi connectivity index (χ3v) is 4.48. The van der Waals surface area contributed by atoms with Gasteiger partial charge in [-0.2, -0.15) is 0 Å².